The molecule has 0 amide bonds. The molecule has 0 aromatic carbocycles. The van der Waals surface area contributed by atoms with E-state index in [9.17, 15) is 4.79 Å². The van der Waals surface area contributed by atoms with E-state index >= 15 is 0 Å². The van der Waals surface area contributed by atoms with Gasteiger partial charge in [-0.05, 0) is 19.1 Å². The Hall–Kier alpha value is -2.17. The van der Waals surface area contributed by atoms with Crippen molar-refractivity contribution in [1.29, 1.82) is 0 Å². The average molecular weight is 204 g/mol. The minimum Gasteiger partial charge on any atom is -0.477 e. The van der Waals surface area contributed by atoms with Gasteiger partial charge in [0.15, 0.2) is 11.5 Å². The van der Waals surface area contributed by atoms with Crippen LogP contribution >= 0.6 is 0 Å². The number of carboxylic acid groups (broad SMARTS) is 1. The third-order valence-corrected chi connectivity index (χ3v) is 1.88. The summed E-state index contributed by atoms with van der Waals surface area (Å²) in [5.74, 6) is 0.208. The lowest BCUT2D eigenvalue weighted by molar-refractivity contribution is 0.0690. The average Bonchev–Trinajstić information content (AvgIpc) is 2.65. The number of carboxylic acids is 1. The van der Waals surface area contributed by atoms with Gasteiger partial charge in [0.1, 0.15) is 17.8 Å². The van der Waals surface area contributed by atoms with Crippen LogP contribution in [0.4, 0.5) is 0 Å². The Morgan fingerprint density at radius 3 is 2.80 bits per heavy atom. The predicted octanol–water partition coefficient (Wildman–Crippen LogP) is 1.74. The molecule has 5 nitrogen and oxygen atoms in total. The maximum absolute atomic E-state index is 10.7. The molecule has 5 heteroatoms. The lowest BCUT2D eigenvalue weighted by atomic mass is 10.3. The largest absolute Gasteiger partial charge is 0.477 e. The second-order valence-electron chi connectivity index (χ2n) is 3.00. The Bertz CT molecular complexity index is 505. The fraction of sp³-hybridized carbons (Fsp3) is 0.100. The molecule has 15 heavy (non-hydrogen) atoms. The van der Waals surface area contributed by atoms with Gasteiger partial charge in [0.05, 0.1) is 0 Å². The van der Waals surface area contributed by atoms with Gasteiger partial charge in [-0.2, -0.15) is 0 Å². The van der Waals surface area contributed by atoms with Crippen LogP contribution in [0.1, 0.15) is 16.2 Å². The molecule has 0 aliphatic heterocycles. The number of aryl methyl sites for hydroxylation is 1. The predicted molar refractivity (Wildman–Crippen MR) is 51.4 cm³/mol. The molecule has 0 saturated heterocycles. The molecule has 2 aromatic rings. The van der Waals surface area contributed by atoms with Crippen LogP contribution in [0.5, 0.6) is 0 Å². The Kier molecular flexibility index (Phi) is 2.21. The van der Waals surface area contributed by atoms with E-state index in [0.717, 1.165) is 5.76 Å². The molecular weight excluding hydrogens is 196 g/mol. The number of rotatable bonds is 2. The number of nitrogens with zero attached hydrogens (tertiary/aromatic N) is 2. The number of furan rings is 1. The molecule has 2 rings (SSSR count). The van der Waals surface area contributed by atoms with Gasteiger partial charge < -0.3 is 9.52 Å². The zero-order valence-corrected chi connectivity index (χ0v) is 7.97. The molecule has 1 N–H and O–H groups in total. The smallest absolute Gasteiger partial charge is 0.354 e. The quantitative estimate of drug-likeness (QED) is 0.806. The van der Waals surface area contributed by atoms with Crippen LogP contribution in [0.15, 0.2) is 28.9 Å². The summed E-state index contributed by atoms with van der Waals surface area (Å²) in [5, 5.41) is 8.74. The molecule has 0 saturated carbocycles. The topological polar surface area (TPSA) is 76.2 Å². The second-order valence-corrected chi connectivity index (χ2v) is 3.00. The molecular formula is C10H8N2O3. The molecule has 76 valence electrons. The first-order valence-corrected chi connectivity index (χ1v) is 4.29. The number of carbonyl (C=O) groups is 1. The fourth-order valence-electron chi connectivity index (χ4n) is 1.18. The van der Waals surface area contributed by atoms with E-state index in [1.54, 1.807) is 12.1 Å². The number of aromatic carboxylic acids is 1. The van der Waals surface area contributed by atoms with Gasteiger partial charge in [0.25, 0.3) is 0 Å². The summed E-state index contributed by atoms with van der Waals surface area (Å²) in [7, 11) is 0. The Morgan fingerprint density at radius 1 is 1.40 bits per heavy atom. The highest BCUT2D eigenvalue weighted by Crippen LogP contribution is 2.19. The van der Waals surface area contributed by atoms with Crippen LogP contribution in [-0.2, 0) is 0 Å². The van der Waals surface area contributed by atoms with Crippen LogP contribution in [0.2, 0.25) is 0 Å². The normalized spacial score (nSPS) is 10.2. The van der Waals surface area contributed by atoms with E-state index in [4.69, 9.17) is 9.52 Å². The minimum atomic E-state index is -1.08. The fourth-order valence-corrected chi connectivity index (χ4v) is 1.18. The van der Waals surface area contributed by atoms with Crippen LogP contribution in [0.25, 0.3) is 11.5 Å². The zero-order chi connectivity index (χ0) is 10.8. The van der Waals surface area contributed by atoms with Gasteiger partial charge in [0, 0.05) is 6.07 Å². The van der Waals surface area contributed by atoms with Gasteiger partial charge in [-0.25, -0.2) is 14.8 Å². The summed E-state index contributed by atoms with van der Waals surface area (Å²) in [6.07, 6.45) is 1.20. The molecule has 2 aromatic heterocycles. The summed E-state index contributed by atoms with van der Waals surface area (Å²) in [4.78, 5) is 18.2. The molecule has 0 aliphatic carbocycles. The summed E-state index contributed by atoms with van der Waals surface area (Å²) in [6, 6.07) is 4.90. The molecule has 0 aliphatic rings. The molecule has 0 radical (unpaired) electrons. The van der Waals surface area contributed by atoms with Gasteiger partial charge in [-0.15, -0.1) is 0 Å². The van der Waals surface area contributed by atoms with Crippen molar-refractivity contribution in [1.82, 2.24) is 9.97 Å². The van der Waals surface area contributed by atoms with Gasteiger partial charge >= 0.3 is 5.97 Å². The highest BCUT2D eigenvalue weighted by Gasteiger charge is 2.09. The van der Waals surface area contributed by atoms with Gasteiger partial charge in [0.2, 0.25) is 0 Å². The minimum absolute atomic E-state index is 0.0472. The van der Waals surface area contributed by atoms with E-state index in [1.807, 2.05) is 6.92 Å². The van der Waals surface area contributed by atoms with Crippen LogP contribution in [-0.4, -0.2) is 21.0 Å². The molecule has 0 fully saturated rings. The summed E-state index contributed by atoms with van der Waals surface area (Å²) >= 11 is 0. The zero-order valence-electron chi connectivity index (χ0n) is 7.97. The third-order valence-electron chi connectivity index (χ3n) is 1.88. The Morgan fingerprint density at radius 2 is 2.20 bits per heavy atom. The van der Waals surface area contributed by atoms with Gasteiger partial charge in [-0.3, -0.25) is 0 Å². The van der Waals surface area contributed by atoms with Crippen molar-refractivity contribution in [3.63, 3.8) is 0 Å². The maximum Gasteiger partial charge on any atom is 0.354 e. The van der Waals surface area contributed by atoms with Crippen molar-refractivity contribution in [2.24, 2.45) is 0 Å². The standard InChI is InChI=1S/C10H8N2O3/c1-6-2-3-9(15-6)7-4-8(10(13)14)12-5-11-7/h2-5H,1H3,(H,13,14). The van der Waals surface area contributed by atoms with E-state index in [-0.39, 0.29) is 5.69 Å². The van der Waals surface area contributed by atoms with Crippen molar-refractivity contribution >= 4 is 5.97 Å². The first-order valence-electron chi connectivity index (χ1n) is 4.29. The second kappa shape index (κ2) is 3.53. The van der Waals surface area contributed by atoms with Crippen molar-refractivity contribution in [2.75, 3.05) is 0 Å². The summed E-state index contributed by atoms with van der Waals surface area (Å²) in [6.45, 7) is 1.81. The van der Waals surface area contributed by atoms with E-state index < -0.39 is 5.97 Å². The Labute approximate surface area is 85.4 Å². The SMILES string of the molecule is Cc1ccc(-c2cc(C(=O)O)ncn2)o1. The van der Waals surface area contributed by atoms with E-state index in [2.05, 4.69) is 9.97 Å². The highest BCUT2D eigenvalue weighted by molar-refractivity contribution is 5.86. The molecule has 0 unspecified atom stereocenters. The number of aromatic nitrogens is 2. The highest BCUT2D eigenvalue weighted by atomic mass is 16.4. The van der Waals surface area contributed by atoms with E-state index in [0.29, 0.717) is 11.5 Å². The maximum atomic E-state index is 10.7. The summed E-state index contributed by atoms with van der Waals surface area (Å²) in [5.41, 5.74) is 0.421. The first kappa shape index (κ1) is 9.39. The first-order chi connectivity index (χ1) is 7.16. The van der Waals surface area contributed by atoms with Crippen molar-refractivity contribution in [3.05, 3.63) is 36.0 Å². The number of hydrogen-bond donors (Lipinski definition) is 1. The lowest BCUT2D eigenvalue weighted by Crippen LogP contribution is -2.00. The van der Waals surface area contributed by atoms with Crippen molar-refractivity contribution in [2.45, 2.75) is 6.92 Å². The van der Waals surface area contributed by atoms with Gasteiger partial charge in [-0.1, -0.05) is 0 Å². The van der Waals surface area contributed by atoms with Crippen LogP contribution in [0, 0.1) is 6.92 Å². The summed E-state index contributed by atoms with van der Waals surface area (Å²) < 4.78 is 5.32. The van der Waals surface area contributed by atoms with E-state index in [1.165, 1.54) is 12.4 Å². The van der Waals surface area contributed by atoms with Crippen LogP contribution in [0.3, 0.4) is 0 Å². The van der Waals surface area contributed by atoms with Crippen molar-refractivity contribution < 1.29 is 14.3 Å². The lowest BCUT2D eigenvalue weighted by Gasteiger charge is -1.96. The molecule has 0 bridgehead atoms. The molecule has 0 spiro atoms. The molecule has 2 heterocycles. The molecule has 0 atom stereocenters. The van der Waals surface area contributed by atoms with Crippen molar-refractivity contribution in [3.8, 4) is 11.5 Å². The number of hydrogen-bond acceptors (Lipinski definition) is 4. The monoisotopic (exact) mass is 204 g/mol. The third kappa shape index (κ3) is 1.85. The van der Waals surface area contributed by atoms with Crippen LogP contribution < -0.4 is 0 Å². The Balaban J connectivity index is 2.45.